The van der Waals surface area contributed by atoms with E-state index in [2.05, 4.69) is 0 Å². The number of ketones is 4. The van der Waals surface area contributed by atoms with Gasteiger partial charge in [-0.05, 0) is 61.4 Å². The summed E-state index contributed by atoms with van der Waals surface area (Å²) < 4.78 is 14.3. The molecule has 8 heteroatoms. The summed E-state index contributed by atoms with van der Waals surface area (Å²) >= 11 is 0. The van der Waals surface area contributed by atoms with E-state index in [0.717, 1.165) is 22.2 Å². The third-order valence-electron chi connectivity index (χ3n) is 9.96. The van der Waals surface area contributed by atoms with Crippen molar-refractivity contribution < 1.29 is 28.7 Å². The molecule has 0 aliphatic heterocycles. The van der Waals surface area contributed by atoms with Crippen molar-refractivity contribution in [2.24, 2.45) is 0 Å². The van der Waals surface area contributed by atoms with Crippen LogP contribution in [0.15, 0.2) is 119 Å². The maximum absolute atomic E-state index is 14.9. The lowest BCUT2D eigenvalue weighted by atomic mass is 9.77. The zero-order chi connectivity index (χ0) is 34.8. The maximum Gasteiger partial charge on any atom is 0.211 e. The lowest BCUT2D eigenvalue weighted by Crippen LogP contribution is -2.31. The van der Waals surface area contributed by atoms with Crippen LogP contribution in [-0.4, -0.2) is 46.5 Å². The van der Waals surface area contributed by atoms with Crippen LogP contribution in [0.3, 0.4) is 0 Å². The van der Waals surface area contributed by atoms with Gasteiger partial charge in [-0.25, -0.2) is 0 Å². The Morgan fingerprint density at radius 1 is 0.480 bits per heavy atom. The van der Waals surface area contributed by atoms with E-state index < -0.39 is 11.6 Å². The van der Waals surface area contributed by atoms with Crippen LogP contribution >= 0.6 is 0 Å². The molecular formula is C42H32N2O6. The Hall–Kier alpha value is -6.28. The summed E-state index contributed by atoms with van der Waals surface area (Å²) in [6, 6.07) is 29.9. The molecule has 0 saturated heterocycles. The predicted molar refractivity (Wildman–Crippen MR) is 191 cm³/mol. The van der Waals surface area contributed by atoms with E-state index in [4.69, 9.17) is 9.47 Å². The van der Waals surface area contributed by atoms with Gasteiger partial charge in [-0.3, -0.25) is 19.2 Å². The third-order valence-corrected chi connectivity index (χ3v) is 9.96. The van der Waals surface area contributed by atoms with Crippen molar-refractivity contribution >= 4 is 44.9 Å². The highest BCUT2D eigenvalue weighted by molar-refractivity contribution is 6.39. The molecule has 2 aliphatic carbocycles. The Kier molecular flexibility index (Phi) is 7.26. The molecule has 4 aromatic carbocycles. The Balaban J connectivity index is 1.30. The Bertz CT molecular complexity index is 2350. The monoisotopic (exact) mass is 660 g/mol. The molecule has 2 aliphatic rings. The van der Waals surface area contributed by atoms with E-state index in [1.165, 1.54) is 0 Å². The maximum atomic E-state index is 14.9. The normalized spacial score (nSPS) is 14.6. The highest BCUT2D eigenvalue weighted by Crippen LogP contribution is 2.42. The highest BCUT2D eigenvalue weighted by atomic mass is 16.5. The fourth-order valence-corrected chi connectivity index (χ4v) is 7.48. The average Bonchev–Trinajstić information content (AvgIpc) is 3.65. The molecule has 8 nitrogen and oxygen atoms in total. The number of ether oxygens (including phenoxy) is 2. The van der Waals surface area contributed by atoms with Crippen molar-refractivity contribution in [1.29, 1.82) is 0 Å². The first-order valence-electron chi connectivity index (χ1n) is 16.3. The number of aromatic nitrogens is 2. The summed E-state index contributed by atoms with van der Waals surface area (Å²) in [6.07, 6.45) is 0. The van der Waals surface area contributed by atoms with Gasteiger partial charge in [-0.2, -0.15) is 0 Å². The number of fused-ring (bicyclic) bond motifs is 6. The zero-order valence-corrected chi connectivity index (χ0v) is 28.0. The molecule has 0 amide bonds. The van der Waals surface area contributed by atoms with Gasteiger partial charge in [0.1, 0.15) is 22.9 Å². The number of carbonyl (C=O) groups is 4. The van der Waals surface area contributed by atoms with Crippen molar-refractivity contribution in [1.82, 2.24) is 9.13 Å². The fraction of sp³-hybridized carbons (Fsp3) is 0.143. The minimum Gasteiger partial charge on any atom is -0.497 e. The van der Waals surface area contributed by atoms with Crippen molar-refractivity contribution in [3.05, 3.63) is 153 Å². The Morgan fingerprint density at radius 2 is 0.840 bits per heavy atom. The number of para-hydroxylation sites is 2. The number of benzene rings is 4. The summed E-state index contributed by atoms with van der Waals surface area (Å²) in [7, 11) is 3.20. The van der Waals surface area contributed by atoms with E-state index >= 15 is 0 Å². The van der Waals surface area contributed by atoms with E-state index in [0.29, 0.717) is 46.5 Å². The first-order valence-corrected chi connectivity index (χ1v) is 16.3. The predicted octanol–water partition coefficient (Wildman–Crippen LogP) is 7.80. The summed E-state index contributed by atoms with van der Waals surface area (Å²) in [5.41, 5.74) is 4.51. The first-order chi connectivity index (χ1) is 24.2. The molecule has 50 heavy (non-hydrogen) atoms. The molecule has 8 rings (SSSR count). The lowest BCUT2D eigenvalue weighted by molar-refractivity contribution is 0.0947. The van der Waals surface area contributed by atoms with E-state index in [9.17, 15) is 19.2 Å². The minimum absolute atomic E-state index is 0.0240. The summed E-state index contributed by atoms with van der Waals surface area (Å²) in [4.78, 5) is 58.5. The van der Waals surface area contributed by atoms with E-state index in [1.54, 1.807) is 28.1 Å². The van der Waals surface area contributed by atoms with Crippen LogP contribution in [0.25, 0.3) is 21.8 Å². The molecule has 0 unspecified atom stereocenters. The van der Waals surface area contributed by atoms with Crippen molar-refractivity contribution in [3.63, 3.8) is 0 Å². The second kappa shape index (κ2) is 11.7. The second-order valence-electron chi connectivity index (χ2n) is 12.7. The molecule has 0 N–H and O–H groups in total. The zero-order valence-electron chi connectivity index (χ0n) is 28.0. The lowest BCUT2D eigenvalue weighted by Gasteiger charge is -2.25. The molecule has 246 valence electrons. The molecule has 0 fully saturated rings. The molecule has 0 radical (unpaired) electrons. The van der Waals surface area contributed by atoms with Crippen molar-refractivity contribution in [3.8, 4) is 11.5 Å². The smallest absolute Gasteiger partial charge is 0.211 e. The van der Waals surface area contributed by atoms with Gasteiger partial charge >= 0.3 is 0 Å². The van der Waals surface area contributed by atoms with Crippen LogP contribution in [0.4, 0.5) is 0 Å². The average molecular weight is 661 g/mol. The molecule has 2 heterocycles. The molecule has 0 saturated carbocycles. The van der Waals surface area contributed by atoms with Gasteiger partial charge in [0, 0.05) is 57.2 Å². The van der Waals surface area contributed by atoms with E-state index in [1.807, 2.05) is 106 Å². The van der Waals surface area contributed by atoms with Gasteiger partial charge in [0.05, 0.1) is 25.3 Å². The number of nitrogens with zero attached hydrogens (tertiary/aromatic N) is 2. The number of carbonyl (C=O) groups excluding carboxylic acids is 4. The fourth-order valence-electron chi connectivity index (χ4n) is 7.48. The first kappa shape index (κ1) is 31.0. The molecule has 0 spiro atoms. The summed E-state index contributed by atoms with van der Waals surface area (Å²) in [5, 5.41) is 1.32. The van der Waals surface area contributed by atoms with Crippen LogP contribution < -0.4 is 9.47 Å². The molecule has 0 atom stereocenters. The van der Waals surface area contributed by atoms with Crippen molar-refractivity contribution in [2.75, 3.05) is 14.2 Å². The standard InChI is InChI=1S/C42H32N2O6/c1-23-33(41(47)37-35(39(23)45)29-9-5-7-11-31(29)43(37)21-25-13-17-27(49-3)18-14-25)34-24(2)40(46)36-30-10-6-8-12-32(30)44(38(36)42(34)48)22-26-15-19-28(50-4)20-16-26/h5-20H,21-22H2,1-4H3. The largest absolute Gasteiger partial charge is 0.497 e. The topological polar surface area (TPSA) is 96.6 Å². The SMILES string of the molecule is COc1ccc(Cn2c3c(c4ccccc42)C(=O)C(C)=C(C2=C(C)C(=O)c4c(n(Cc5ccc(OC)cc5)c5ccccc45)C2=O)C3=O)cc1. The van der Waals surface area contributed by atoms with Gasteiger partial charge in [0.2, 0.25) is 11.6 Å². The summed E-state index contributed by atoms with van der Waals surface area (Å²) in [5.74, 6) is -0.204. The highest BCUT2D eigenvalue weighted by Gasteiger charge is 2.44. The number of methoxy groups -OCH3 is 2. The van der Waals surface area contributed by atoms with Gasteiger partial charge in [0.25, 0.3) is 0 Å². The van der Waals surface area contributed by atoms with Crippen LogP contribution in [0.2, 0.25) is 0 Å². The quantitative estimate of drug-likeness (QED) is 0.173. The van der Waals surface area contributed by atoms with Gasteiger partial charge in [0.15, 0.2) is 11.6 Å². The van der Waals surface area contributed by atoms with Gasteiger partial charge < -0.3 is 18.6 Å². The van der Waals surface area contributed by atoms with Gasteiger partial charge in [-0.1, -0.05) is 60.7 Å². The Labute approximate surface area is 287 Å². The number of hydrogen-bond donors (Lipinski definition) is 0. The molecule has 2 aromatic heterocycles. The number of Topliss-reactive ketones (excluding diaryl/α,β-unsaturated/α-hetero) is 4. The molecule has 6 aromatic rings. The third kappa shape index (κ3) is 4.52. The molecule has 0 bridgehead atoms. The second-order valence-corrected chi connectivity index (χ2v) is 12.7. The van der Waals surface area contributed by atoms with Crippen LogP contribution in [0, 0.1) is 0 Å². The summed E-state index contributed by atoms with van der Waals surface area (Å²) in [6.45, 7) is 3.76. The molecular weight excluding hydrogens is 628 g/mol. The van der Waals surface area contributed by atoms with E-state index in [-0.39, 0.29) is 45.2 Å². The van der Waals surface area contributed by atoms with Gasteiger partial charge in [-0.15, -0.1) is 0 Å². The number of rotatable bonds is 7. The van der Waals surface area contributed by atoms with Crippen molar-refractivity contribution in [2.45, 2.75) is 26.9 Å². The minimum atomic E-state index is -0.460. The van der Waals surface area contributed by atoms with Crippen LogP contribution in [0.5, 0.6) is 11.5 Å². The Morgan fingerprint density at radius 3 is 1.20 bits per heavy atom. The van der Waals surface area contributed by atoms with Crippen LogP contribution in [-0.2, 0) is 13.1 Å². The van der Waals surface area contributed by atoms with Crippen LogP contribution in [0.1, 0.15) is 66.7 Å². The number of hydrogen-bond acceptors (Lipinski definition) is 6. The number of allylic oxidation sites excluding steroid dienone is 4.